The number of Topliss-reactive ketones (excluding diaryl/α,β-unsaturated/α-hetero) is 1. The van der Waals surface area contributed by atoms with Crippen LogP contribution >= 0.6 is 0 Å². The Morgan fingerprint density at radius 2 is 1.64 bits per heavy atom. The van der Waals surface area contributed by atoms with E-state index in [4.69, 9.17) is 0 Å². The van der Waals surface area contributed by atoms with Crippen molar-refractivity contribution in [1.82, 2.24) is 15.5 Å². The Kier molecular flexibility index (Phi) is 19.9. The molecule has 0 bridgehead atoms. The molecule has 0 aromatic heterocycles. The van der Waals surface area contributed by atoms with Crippen molar-refractivity contribution in [2.75, 3.05) is 27.2 Å². The lowest BCUT2D eigenvalue weighted by molar-refractivity contribution is -0.137. The van der Waals surface area contributed by atoms with Gasteiger partial charge in [0.15, 0.2) is 0 Å². The average Bonchev–Trinajstić information content (AvgIpc) is 2.54. The van der Waals surface area contributed by atoms with E-state index in [-0.39, 0.29) is 24.0 Å². The van der Waals surface area contributed by atoms with Gasteiger partial charge in [-0.25, -0.2) is 0 Å². The Balaban J connectivity index is -0.000000826. The molecule has 2 amide bonds. The fourth-order valence-corrected chi connectivity index (χ4v) is 1.40. The average molecular weight is 315 g/mol. The van der Waals surface area contributed by atoms with Gasteiger partial charge < -0.3 is 15.5 Å². The standard InChI is InChI=1S/C12H21N3O3.2C2H6/c1-5-11(17)15(4)10(8-9(2)16)12(18)14-7-6-13-3;2*1-2/h5,10,13H,1,6-8H2,2-4H3,(H,14,18);2*1-2H3. The summed E-state index contributed by atoms with van der Waals surface area (Å²) in [6.45, 7) is 13.8. The number of likely N-dealkylation sites (N-methyl/N-ethyl adjacent to an activating group) is 2. The summed E-state index contributed by atoms with van der Waals surface area (Å²) in [4.78, 5) is 35.7. The van der Waals surface area contributed by atoms with Gasteiger partial charge in [0.25, 0.3) is 0 Å². The zero-order valence-electron chi connectivity index (χ0n) is 15.2. The first-order chi connectivity index (χ1) is 10.4. The Bertz CT molecular complexity index is 331. The summed E-state index contributed by atoms with van der Waals surface area (Å²) in [5.41, 5.74) is 0. The van der Waals surface area contributed by atoms with Gasteiger partial charge in [0, 0.05) is 26.6 Å². The van der Waals surface area contributed by atoms with Gasteiger partial charge in [-0.15, -0.1) is 0 Å². The van der Waals surface area contributed by atoms with Gasteiger partial charge in [-0.1, -0.05) is 34.3 Å². The Morgan fingerprint density at radius 1 is 1.14 bits per heavy atom. The zero-order chi connectivity index (χ0) is 18.1. The fourth-order valence-electron chi connectivity index (χ4n) is 1.40. The zero-order valence-corrected chi connectivity index (χ0v) is 15.2. The van der Waals surface area contributed by atoms with Gasteiger partial charge in [-0.05, 0) is 20.0 Å². The highest BCUT2D eigenvalue weighted by atomic mass is 16.2. The van der Waals surface area contributed by atoms with Crippen molar-refractivity contribution in [3.63, 3.8) is 0 Å². The summed E-state index contributed by atoms with van der Waals surface area (Å²) in [6, 6.07) is -0.787. The van der Waals surface area contributed by atoms with Crippen LogP contribution in [0.3, 0.4) is 0 Å². The number of carbonyl (C=O) groups excluding carboxylic acids is 3. The Morgan fingerprint density at radius 3 is 2.00 bits per heavy atom. The second-order valence-electron chi connectivity index (χ2n) is 3.97. The summed E-state index contributed by atoms with van der Waals surface area (Å²) < 4.78 is 0. The van der Waals surface area contributed by atoms with E-state index in [0.29, 0.717) is 13.1 Å². The number of rotatable bonds is 8. The molecule has 6 heteroatoms. The number of hydrogen-bond acceptors (Lipinski definition) is 4. The quantitative estimate of drug-likeness (QED) is 0.524. The summed E-state index contributed by atoms with van der Waals surface area (Å²) in [6.07, 6.45) is 1.12. The molecule has 0 radical (unpaired) electrons. The van der Waals surface area contributed by atoms with Crippen LogP contribution in [0.1, 0.15) is 41.0 Å². The van der Waals surface area contributed by atoms with Crippen LogP contribution < -0.4 is 10.6 Å². The van der Waals surface area contributed by atoms with Crippen molar-refractivity contribution < 1.29 is 14.4 Å². The molecule has 0 heterocycles. The van der Waals surface area contributed by atoms with Crippen LogP contribution in [-0.2, 0) is 14.4 Å². The van der Waals surface area contributed by atoms with E-state index in [0.717, 1.165) is 6.08 Å². The predicted octanol–water partition coefficient (Wildman–Crippen LogP) is 1.37. The highest BCUT2D eigenvalue weighted by Gasteiger charge is 2.26. The first-order valence-electron chi connectivity index (χ1n) is 7.75. The van der Waals surface area contributed by atoms with E-state index < -0.39 is 6.04 Å². The molecule has 2 N–H and O–H groups in total. The van der Waals surface area contributed by atoms with Crippen molar-refractivity contribution >= 4 is 17.6 Å². The van der Waals surface area contributed by atoms with Gasteiger partial charge in [0.05, 0.1) is 0 Å². The Hall–Kier alpha value is -1.69. The number of nitrogens with zero attached hydrogens (tertiary/aromatic N) is 1. The van der Waals surface area contributed by atoms with Crippen LogP contribution in [0.2, 0.25) is 0 Å². The van der Waals surface area contributed by atoms with E-state index in [1.165, 1.54) is 18.9 Å². The third-order valence-electron chi connectivity index (χ3n) is 2.45. The monoisotopic (exact) mass is 315 g/mol. The molecule has 0 spiro atoms. The van der Waals surface area contributed by atoms with Crippen LogP contribution in [0.15, 0.2) is 12.7 Å². The SMILES string of the molecule is C=CC(=O)N(C)C(CC(C)=O)C(=O)NCCNC.CC.CC. The second kappa shape index (κ2) is 17.4. The largest absolute Gasteiger partial charge is 0.353 e. The van der Waals surface area contributed by atoms with Crippen molar-refractivity contribution in [3.05, 3.63) is 12.7 Å². The maximum absolute atomic E-state index is 11.9. The molecular formula is C16H33N3O3. The minimum atomic E-state index is -0.787. The molecule has 0 aliphatic heterocycles. The fraction of sp³-hybridized carbons (Fsp3) is 0.688. The third kappa shape index (κ3) is 12.1. The van der Waals surface area contributed by atoms with Crippen LogP contribution in [0.25, 0.3) is 0 Å². The van der Waals surface area contributed by atoms with Gasteiger partial charge in [-0.3, -0.25) is 14.4 Å². The number of nitrogens with one attached hydrogen (secondary N) is 2. The van der Waals surface area contributed by atoms with Crippen LogP contribution in [0.5, 0.6) is 0 Å². The highest BCUT2D eigenvalue weighted by molar-refractivity contribution is 5.94. The molecule has 0 aromatic rings. The van der Waals surface area contributed by atoms with Crippen LogP contribution in [0, 0.1) is 0 Å². The molecule has 0 aliphatic rings. The third-order valence-corrected chi connectivity index (χ3v) is 2.45. The number of carbonyl (C=O) groups is 3. The van der Waals surface area contributed by atoms with E-state index in [2.05, 4.69) is 17.2 Å². The topological polar surface area (TPSA) is 78.5 Å². The van der Waals surface area contributed by atoms with E-state index in [9.17, 15) is 14.4 Å². The number of hydrogen-bond donors (Lipinski definition) is 2. The predicted molar refractivity (Wildman–Crippen MR) is 91.7 cm³/mol. The molecule has 1 unspecified atom stereocenters. The smallest absolute Gasteiger partial charge is 0.246 e. The molecule has 0 saturated carbocycles. The lowest BCUT2D eigenvalue weighted by Gasteiger charge is -2.25. The normalized spacial score (nSPS) is 9.95. The van der Waals surface area contributed by atoms with Gasteiger partial charge in [0.1, 0.15) is 11.8 Å². The summed E-state index contributed by atoms with van der Waals surface area (Å²) in [5.74, 6) is -0.865. The lowest BCUT2D eigenvalue weighted by atomic mass is 10.1. The molecule has 0 fully saturated rings. The van der Waals surface area contributed by atoms with Crippen molar-refractivity contribution in [2.45, 2.75) is 47.1 Å². The van der Waals surface area contributed by atoms with Crippen molar-refractivity contribution in [1.29, 1.82) is 0 Å². The summed E-state index contributed by atoms with van der Waals surface area (Å²) in [7, 11) is 3.25. The molecule has 1 atom stereocenters. The number of ketones is 1. The Labute approximate surface area is 135 Å². The van der Waals surface area contributed by atoms with Crippen LogP contribution in [0.4, 0.5) is 0 Å². The summed E-state index contributed by atoms with van der Waals surface area (Å²) >= 11 is 0. The van der Waals surface area contributed by atoms with Gasteiger partial charge in [-0.2, -0.15) is 0 Å². The summed E-state index contributed by atoms with van der Waals surface area (Å²) in [5, 5.41) is 5.55. The minimum Gasteiger partial charge on any atom is -0.353 e. The first-order valence-corrected chi connectivity index (χ1v) is 7.75. The molecule has 0 aromatic carbocycles. The minimum absolute atomic E-state index is 0.00146. The van der Waals surface area contributed by atoms with Crippen molar-refractivity contribution in [3.8, 4) is 0 Å². The van der Waals surface area contributed by atoms with E-state index in [1.54, 1.807) is 7.05 Å². The lowest BCUT2D eigenvalue weighted by Crippen LogP contribution is -2.49. The molecule has 0 aliphatic carbocycles. The molecule has 6 nitrogen and oxygen atoms in total. The van der Waals surface area contributed by atoms with Crippen molar-refractivity contribution in [2.24, 2.45) is 0 Å². The van der Waals surface area contributed by atoms with Gasteiger partial charge >= 0.3 is 0 Å². The molecule has 22 heavy (non-hydrogen) atoms. The number of amides is 2. The molecular weight excluding hydrogens is 282 g/mol. The molecule has 130 valence electrons. The highest BCUT2D eigenvalue weighted by Crippen LogP contribution is 2.04. The maximum Gasteiger partial charge on any atom is 0.246 e. The van der Waals surface area contributed by atoms with E-state index >= 15 is 0 Å². The molecule has 0 saturated heterocycles. The molecule has 0 rings (SSSR count). The second-order valence-corrected chi connectivity index (χ2v) is 3.97. The first kappa shape index (κ1) is 25.3. The maximum atomic E-state index is 11.9. The van der Waals surface area contributed by atoms with Crippen LogP contribution in [-0.4, -0.2) is 55.7 Å². The van der Waals surface area contributed by atoms with Gasteiger partial charge in [0.2, 0.25) is 11.8 Å². The van der Waals surface area contributed by atoms with E-state index in [1.807, 2.05) is 27.7 Å².